The molecule has 43 heavy (non-hydrogen) atoms. The summed E-state index contributed by atoms with van der Waals surface area (Å²) in [6.07, 6.45) is 7.93. The van der Waals surface area contributed by atoms with E-state index in [2.05, 4.69) is 53.1 Å². The minimum Gasteiger partial charge on any atom is -0.458 e. The number of nitrogens with zero attached hydrogens (tertiary/aromatic N) is 2. The Morgan fingerprint density at radius 2 is 1.91 bits per heavy atom. The lowest BCUT2D eigenvalue weighted by Crippen LogP contribution is -2.52. The number of ketones is 1. The Morgan fingerprint density at radius 1 is 1.16 bits per heavy atom. The van der Waals surface area contributed by atoms with E-state index in [1.165, 1.54) is 43.0 Å². The van der Waals surface area contributed by atoms with Crippen molar-refractivity contribution in [3.63, 3.8) is 0 Å². The zero-order chi connectivity index (χ0) is 30.4. The molecule has 2 saturated carbocycles. The number of rotatable bonds is 5. The average molecular weight is 587 g/mol. The van der Waals surface area contributed by atoms with Gasteiger partial charge in [0.2, 0.25) is 0 Å². The van der Waals surface area contributed by atoms with E-state index in [1.54, 1.807) is 13.0 Å². The van der Waals surface area contributed by atoms with Crippen LogP contribution in [0.4, 0.5) is 10.1 Å². The molecule has 1 N–H and O–H groups in total. The van der Waals surface area contributed by atoms with Crippen LogP contribution >= 0.6 is 0 Å². The van der Waals surface area contributed by atoms with Gasteiger partial charge in [-0.15, -0.1) is 5.92 Å². The van der Waals surface area contributed by atoms with Crippen LogP contribution in [-0.2, 0) is 14.3 Å². The van der Waals surface area contributed by atoms with E-state index >= 15 is 4.39 Å². The van der Waals surface area contributed by atoms with E-state index in [4.69, 9.17) is 4.74 Å². The average Bonchev–Trinajstić information content (AvgIpc) is 3.32. The summed E-state index contributed by atoms with van der Waals surface area (Å²) in [5.74, 6) is 5.85. The van der Waals surface area contributed by atoms with Gasteiger partial charge in [0.25, 0.3) is 0 Å². The van der Waals surface area contributed by atoms with Crippen LogP contribution in [0.1, 0.15) is 90.0 Å². The number of ether oxygens (including phenoxy) is 1. The molecule has 0 bridgehead atoms. The zero-order valence-corrected chi connectivity index (χ0v) is 25.6. The molecule has 0 spiro atoms. The number of esters is 1. The molecule has 0 aromatic heterocycles. The minimum absolute atomic E-state index is 0.00201. The number of hydrogen-bond donors (Lipinski definition) is 1. The summed E-state index contributed by atoms with van der Waals surface area (Å²) in [7, 11) is 0. The summed E-state index contributed by atoms with van der Waals surface area (Å²) in [6, 6.07) is 8.92. The summed E-state index contributed by atoms with van der Waals surface area (Å²) in [6.45, 7) is 7.13. The fourth-order valence-corrected chi connectivity index (χ4v) is 9.36. The van der Waals surface area contributed by atoms with Crippen molar-refractivity contribution in [3.8, 4) is 11.8 Å². The zero-order valence-electron chi connectivity index (χ0n) is 25.6. The van der Waals surface area contributed by atoms with Crippen molar-refractivity contribution in [1.29, 1.82) is 0 Å². The van der Waals surface area contributed by atoms with Crippen molar-refractivity contribution in [1.82, 2.24) is 0 Å². The Hall–Kier alpha value is -3.40. The first kappa shape index (κ1) is 29.7. The Balaban J connectivity index is 1.47. The third kappa shape index (κ3) is 4.91. The summed E-state index contributed by atoms with van der Waals surface area (Å²) in [4.78, 5) is 28.1. The highest BCUT2D eigenvalue weighted by Crippen LogP contribution is 2.69. The van der Waals surface area contributed by atoms with Gasteiger partial charge in [-0.1, -0.05) is 35.7 Å². The van der Waals surface area contributed by atoms with E-state index in [0.29, 0.717) is 43.4 Å². The second kappa shape index (κ2) is 11.6. The number of carbonyl (C=O) groups excluding carboxylic acids is 2. The third-order valence-corrected chi connectivity index (χ3v) is 11.3. The molecule has 7 heteroatoms. The molecule has 1 heterocycles. The predicted molar refractivity (Wildman–Crippen MR) is 165 cm³/mol. The normalized spacial score (nSPS) is 34.4. The summed E-state index contributed by atoms with van der Waals surface area (Å²) in [5.41, 5.74) is 4.50. The fourth-order valence-electron chi connectivity index (χ4n) is 9.36. The van der Waals surface area contributed by atoms with E-state index < -0.39 is 23.0 Å². The SMILES string of the molecule is CC#C[C@]1(C(=O)COC(C)=O)CC[C@H]2[C@@H]3CC(F)C4=CC(=NO)CCC4=C3[C@@H](c3ccc(N4CCCCC4)cc3)C[C@@]21C. The van der Waals surface area contributed by atoms with Gasteiger partial charge in [0, 0.05) is 31.6 Å². The van der Waals surface area contributed by atoms with Crippen LogP contribution in [-0.4, -0.2) is 48.5 Å². The monoisotopic (exact) mass is 586 g/mol. The molecule has 4 aliphatic carbocycles. The van der Waals surface area contributed by atoms with E-state index in [1.807, 2.05) is 0 Å². The van der Waals surface area contributed by atoms with Gasteiger partial charge in [-0.05, 0) is 117 Å². The van der Waals surface area contributed by atoms with E-state index in [9.17, 15) is 14.8 Å². The largest absolute Gasteiger partial charge is 0.458 e. The van der Waals surface area contributed by atoms with Gasteiger partial charge in [-0.3, -0.25) is 9.59 Å². The highest BCUT2D eigenvalue weighted by molar-refractivity contribution is 5.97. The van der Waals surface area contributed by atoms with Crippen LogP contribution < -0.4 is 4.90 Å². The minimum atomic E-state index is -1.16. The third-order valence-electron chi connectivity index (χ3n) is 11.3. The smallest absolute Gasteiger partial charge is 0.303 e. The van der Waals surface area contributed by atoms with Crippen molar-refractivity contribution in [2.75, 3.05) is 24.6 Å². The molecule has 6 atom stereocenters. The number of Topliss-reactive ketones (excluding diaryl/α,β-unsaturated/α-hetero) is 1. The second-order valence-electron chi connectivity index (χ2n) is 13.4. The standard InChI is InChI=1S/C36H43FN2O4/c1-4-15-36(33(41)22-43-23(2)40)16-14-31-29-20-32(37)28-19-25(38-42)10-13-27(28)34(29)30(21-35(31,36)3)24-8-11-26(12-9-24)39-17-6-5-7-18-39/h8-9,11-12,19,29-32,42H,5-7,10,13-14,16-18,20-22H2,1-3H3/t29-,30+,31-,32?,35-,36+/m0/s1. The number of piperidine rings is 1. The quantitative estimate of drug-likeness (QED) is 0.175. The maximum Gasteiger partial charge on any atom is 0.303 e. The highest BCUT2D eigenvalue weighted by Gasteiger charge is 2.66. The van der Waals surface area contributed by atoms with Gasteiger partial charge in [0.05, 0.1) is 11.1 Å². The topological polar surface area (TPSA) is 79.2 Å². The Labute approximate surface area is 254 Å². The molecule has 228 valence electrons. The summed E-state index contributed by atoms with van der Waals surface area (Å²) < 4.78 is 21.3. The molecule has 6 nitrogen and oxygen atoms in total. The Bertz CT molecular complexity index is 1440. The first-order chi connectivity index (χ1) is 20.7. The highest BCUT2D eigenvalue weighted by atomic mass is 19.1. The molecule has 1 aromatic carbocycles. The summed E-state index contributed by atoms with van der Waals surface area (Å²) >= 11 is 0. The first-order valence-electron chi connectivity index (χ1n) is 16.0. The maximum atomic E-state index is 16.1. The molecule has 1 saturated heterocycles. The number of anilines is 1. The number of allylic oxidation sites excluding steroid dienone is 4. The molecule has 1 aliphatic heterocycles. The number of oxime groups is 1. The Kier molecular flexibility index (Phi) is 8.00. The molecular formula is C36H43FN2O4. The molecule has 5 aliphatic rings. The Morgan fingerprint density at radius 3 is 2.58 bits per heavy atom. The summed E-state index contributed by atoms with van der Waals surface area (Å²) in [5, 5.41) is 12.9. The molecular weight excluding hydrogens is 543 g/mol. The molecule has 6 rings (SSSR count). The van der Waals surface area contributed by atoms with Crippen molar-refractivity contribution < 1.29 is 23.9 Å². The number of fused-ring (bicyclic) bond motifs is 4. The van der Waals surface area contributed by atoms with Crippen LogP contribution in [0.2, 0.25) is 0 Å². The van der Waals surface area contributed by atoms with Gasteiger partial charge < -0.3 is 14.8 Å². The van der Waals surface area contributed by atoms with Crippen LogP contribution in [0.3, 0.4) is 0 Å². The molecule has 0 amide bonds. The lowest BCUT2D eigenvalue weighted by atomic mass is 9.48. The van der Waals surface area contributed by atoms with Gasteiger partial charge in [-0.25, -0.2) is 4.39 Å². The second-order valence-corrected chi connectivity index (χ2v) is 13.4. The number of benzene rings is 1. The molecule has 3 fully saturated rings. The predicted octanol–water partition coefficient (Wildman–Crippen LogP) is 6.93. The molecule has 1 unspecified atom stereocenters. The lowest BCUT2D eigenvalue weighted by molar-refractivity contribution is -0.150. The van der Waals surface area contributed by atoms with Crippen molar-refractivity contribution in [2.24, 2.45) is 27.8 Å². The van der Waals surface area contributed by atoms with Crippen molar-refractivity contribution in [2.45, 2.75) is 90.6 Å². The number of halogens is 1. The van der Waals surface area contributed by atoms with Gasteiger partial charge in [0.15, 0.2) is 12.4 Å². The molecule has 0 radical (unpaired) electrons. The van der Waals surface area contributed by atoms with Crippen LogP contribution in [0.25, 0.3) is 0 Å². The number of carbonyl (C=O) groups is 2. The fraction of sp³-hybridized carbons (Fsp3) is 0.583. The van der Waals surface area contributed by atoms with Gasteiger partial charge >= 0.3 is 5.97 Å². The van der Waals surface area contributed by atoms with E-state index in [0.717, 1.165) is 25.1 Å². The van der Waals surface area contributed by atoms with Crippen LogP contribution in [0.15, 0.2) is 52.2 Å². The van der Waals surface area contributed by atoms with Crippen molar-refractivity contribution in [3.05, 3.63) is 52.6 Å². The van der Waals surface area contributed by atoms with Crippen LogP contribution in [0, 0.1) is 34.5 Å². The van der Waals surface area contributed by atoms with Gasteiger partial charge in [-0.2, -0.15) is 0 Å². The number of hydrogen-bond acceptors (Lipinski definition) is 6. The van der Waals surface area contributed by atoms with Gasteiger partial charge in [0.1, 0.15) is 6.17 Å². The van der Waals surface area contributed by atoms with Crippen LogP contribution in [0.5, 0.6) is 0 Å². The number of alkyl halides is 1. The van der Waals surface area contributed by atoms with Crippen molar-refractivity contribution >= 4 is 23.2 Å². The first-order valence-corrected chi connectivity index (χ1v) is 16.0. The maximum absolute atomic E-state index is 16.1. The molecule has 1 aromatic rings. The van der Waals surface area contributed by atoms with E-state index in [-0.39, 0.29) is 30.1 Å². The lowest BCUT2D eigenvalue weighted by Gasteiger charge is -2.55.